The SMILES string of the molecule is C/C=C/C(=O)OCOC(=O)N(c1ccccc1)C1CCCC1. The van der Waals surface area contributed by atoms with Gasteiger partial charge in [-0.1, -0.05) is 37.1 Å². The van der Waals surface area contributed by atoms with Crippen LogP contribution in [0.3, 0.4) is 0 Å². The molecule has 0 atom stereocenters. The van der Waals surface area contributed by atoms with Crippen molar-refractivity contribution in [3.63, 3.8) is 0 Å². The largest absolute Gasteiger partial charge is 0.425 e. The minimum atomic E-state index is -0.526. The first-order valence-electron chi connectivity index (χ1n) is 7.53. The van der Waals surface area contributed by atoms with Crippen molar-refractivity contribution >= 4 is 17.7 Å². The lowest BCUT2D eigenvalue weighted by Crippen LogP contribution is -2.39. The number of para-hydroxylation sites is 1. The van der Waals surface area contributed by atoms with Crippen LogP contribution in [0.2, 0.25) is 0 Å². The predicted molar refractivity (Wildman–Crippen MR) is 83.4 cm³/mol. The predicted octanol–water partition coefficient (Wildman–Crippen LogP) is 3.65. The van der Waals surface area contributed by atoms with Crippen molar-refractivity contribution in [2.75, 3.05) is 11.7 Å². The molecule has 0 saturated heterocycles. The lowest BCUT2D eigenvalue weighted by atomic mass is 10.2. The number of carbonyl (C=O) groups excluding carboxylic acids is 2. The van der Waals surface area contributed by atoms with Gasteiger partial charge in [0.15, 0.2) is 0 Å². The van der Waals surface area contributed by atoms with Crippen LogP contribution < -0.4 is 4.90 Å². The van der Waals surface area contributed by atoms with Crippen LogP contribution in [0.1, 0.15) is 32.6 Å². The highest BCUT2D eigenvalue weighted by molar-refractivity contribution is 5.88. The van der Waals surface area contributed by atoms with E-state index in [1.807, 2.05) is 30.3 Å². The molecular formula is C17H21NO4. The molecule has 5 heteroatoms. The summed E-state index contributed by atoms with van der Waals surface area (Å²) in [6, 6.07) is 9.58. The van der Waals surface area contributed by atoms with Crippen molar-refractivity contribution in [3.05, 3.63) is 42.5 Å². The van der Waals surface area contributed by atoms with Gasteiger partial charge in [0.1, 0.15) is 0 Å². The average Bonchev–Trinajstić information content (AvgIpc) is 3.03. The maximum absolute atomic E-state index is 12.4. The van der Waals surface area contributed by atoms with Crippen LogP contribution in [0.15, 0.2) is 42.5 Å². The van der Waals surface area contributed by atoms with Crippen LogP contribution in [-0.4, -0.2) is 24.9 Å². The quantitative estimate of drug-likeness (QED) is 0.473. The Morgan fingerprint density at radius 3 is 2.50 bits per heavy atom. The molecule has 0 N–H and O–H groups in total. The van der Waals surface area contributed by atoms with Crippen LogP contribution >= 0.6 is 0 Å². The molecule has 2 rings (SSSR count). The second kappa shape index (κ2) is 8.22. The number of anilines is 1. The monoisotopic (exact) mass is 303 g/mol. The van der Waals surface area contributed by atoms with Crippen LogP contribution in [0.25, 0.3) is 0 Å². The Kier molecular flexibility index (Phi) is 6.01. The summed E-state index contributed by atoms with van der Waals surface area (Å²) in [4.78, 5) is 25.2. The maximum atomic E-state index is 12.4. The molecule has 1 amide bonds. The summed E-state index contributed by atoms with van der Waals surface area (Å²) >= 11 is 0. The van der Waals surface area contributed by atoms with E-state index < -0.39 is 12.1 Å². The molecule has 0 aromatic heterocycles. The molecule has 0 unspecified atom stereocenters. The van der Waals surface area contributed by atoms with Crippen LogP contribution in [0.5, 0.6) is 0 Å². The van der Waals surface area contributed by atoms with Crippen molar-refractivity contribution in [1.82, 2.24) is 0 Å². The van der Waals surface area contributed by atoms with Gasteiger partial charge in [-0.05, 0) is 31.9 Å². The van der Waals surface area contributed by atoms with Gasteiger partial charge in [0.2, 0.25) is 6.79 Å². The molecular weight excluding hydrogens is 282 g/mol. The lowest BCUT2D eigenvalue weighted by Gasteiger charge is -2.28. The Morgan fingerprint density at radius 2 is 1.86 bits per heavy atom. The average molecular weight is 303 g/mol. The van der Waals surface area contributed by atoms with E-state index in [0.717, 1.165) is 31.4 Å². The Bertz CT molecular complexity index is 521. The van der Waals surface area contributed by atoms with Crippen molar-refractivity contribution in [2.24, 2.45) is 0 Å². The molecule has 1 aromatic carbocycles. The van der Waals surface area contributed by atoms with E-state index in [1.165, 1.54) is 6.08 Å². The lowest BCUT2D eigenvalue weighted by molar-refractivity contribution is -0.145. The maximum Gasteiger partial charge on any atom is 0.417 e. The fourth-order valence-corrected chi connectivity index (χ4v) is 2.61. The van der Waals surface area contributed by atoms with Crippen LogP contribution in [-0.2, 0) is 14.3 Å². The normalized spacial score (nSPS) is 15.0. The van der Waals surface area contributed by atoms with E-state index in [1.54, 1.807) is 17.9 Å². The van der Waals surface area contributed by atoms with E-state index >= 15 is 0 Å². The Hall–Kier alpha value is -2.30. The molecule has 0 spiro atoms. The highest BCUT2D eigenvalue weighted by atomic mass is 16.7. The summed E-state index contributed by atoms with van der Waals surface area (Å²) in [5, 5.41) is 0. The smallest absolute Gasteiger partial charge is 0.417 e. The standard InChI is InChI=1S/C17H21NO4/c1-2-8-16(19)21-13-22-17(20)18(15-11-6-7-12-15)14-9-4-3-5-10-14/h2-5,8-10,15H,6-7,11-13H2,1H3/b8-2+. The van der Waals surface area contributed by atoms with Gasteiger partial charge in [-0.2, -0.15) is 0 Å². The van der Waals surface area contributed by atoms with Gasteiger partial charge < -0.3 is 9.47 Å². The molecule has 1 aromatic rings. The molecule has 0 heterocycles. The molecule has 1 aliphatic rings. The topological polar surface area (TPSA) is 55.8 Å². The number of nitrogens with zero attached hydrogens (tertiary/aromatic N) is 1. The van der Waals surface area contributed by atoms with Gasteiger partial charge in [-0.3, -0.25) is 4.90 Å². The van der Waals surface area contributed by atoms with E-state index in [0.29, 0.717) is 0 Å². The fourth-order valence-electron chi connectivity index (χ4n) is 2.61. The molecule has 5 nitrogen and oxygen atoms in total. The summed E-state index contributed by atoms with van der Waals surface area (Å²) < 4.78 is 9.90. The number of esters is 1. The third kappa shape index (κ3) is 4.35. The van der Waals surface area contributed by atoms with Crippen LogP contribution in [0.4, 0.5) is 10.5 Å². The summed E-state index contributed by atoms with van der Waals surface area (Å²) in [7, 11) is 0. The number of hydrogen-bond acceptors (Lipinski definition) is 4. The van der Waals surface area contributed by atoms with Crippen molar-refractivity contribution in [2.45, 2.75) is 38.6 Å². The number of hydrogen-bond donors (Lipinski definition) is 0. The van der Waals surface area contributed by atoms with E-state index in [4.69, 9.17) is 9.47 Å². The first-order valence-corrected chi connectivity index (χ1v) is 7.53. The third-order valence-electron chi connectivity index (χ3n) is 3.61. The van der Waals surface area contributed by atoms with Gasteiger partial charge in [-0.25, -0.2) is 9.59 Å². The molecule has 1 aliphatic carbocycles. The van der Waals surface area contributed by atoms with Gasteiger partial charge in [-0.15, -0.1) is 0 Å². The van der Waals surface area contributed by atoms with Gasteiger partial charge in [0, 0.05) is 17.8 Å². The van der Waals surface area contributed by atoms with Gasteiger partial charge >= 0.3 is 12.1 Å². The minimum absolute atomic E-state index is 0.140. The van der Waals surface area contributed by atoms with E-state index in [-0.39, 0.29) is 12.8 Å². The van der Waals surface area contributed by atoms with E-state index in [9.17, 15) is 9.59 Å². The molecule has 0 bridgehead atoms. The molecule has 1 fully saturated rings. The summed E-state index contributed by atoms with van der Waals surface area (Å²) in [6.07, 6.45) is 6.50. The molecule has 22 heavy (non-hydrogen) atoms. The second-order valence-corrected chi connectivity index (χ2v) is 5.14. The molecule has 118 valence electrons. The third-order valence-corrected chi connectivity index (χ3v) is 3.61. The number of rotatable bonds is 5. The Balaban J connectivity index is 1.99. The highest BCUT2D eigenvalue weighted by Crippen LogP contribution is 2.28. The zero-order valence-corrected chi connectivity index (χ0v) is 12.7. The first-order chi connectivity index (χ1) is 10.7. The van der Waals surface area contributed by atoms with Crippen molar-refractivity contribution in [1.29, 1.82) is 0 Å². The number of carbonyl (C=O) groups is 2. The zero-order valence-electron chi connectivity index (χ0n) is 12.7. The second-order valence-electron chi connectivity index (χ2n) is 5.14. The summed E-state index contributed by atoms with van der Waals surface area (Å²) in [5.74, 6) is -0.526. The minimum Gasteiger partial charge on any atom is -0.425 e. The fraction of sp³-hybridized carbons (Fsp3) is 0.412. The molecule has 1 saturated carbocycles. The van der Waals surface area contributed by atoms with Gasteiger partial charge in [0.25, 0.3) is 0 Å². The van der Waals surface area contributed by atoms with Crippen molar-refractivity contribution < 1.29 is 19.1 Å². The molecule has 0 radical (unpaired) electrons. The van der Waals surface area contributed by atoms with Crippen molar-refractivity contribution in [3.8, 4) is 0 Å². The highest BCUT2D eigenvalue weighted by Gasteiger charge is 2.29. The first kappa shape index (κ1) is 16.1. The van der Waals surface area contributed by atoms with Crippen LogP contribution in [0, 0.1) is 0 Å². The molecule has 0 aliphatic heterocycles. The van der Waals surface area contributed by atoms with Gasteiger partial charge in [0.05, 0.1) is 0 Å². The number of allylic oxidation sites excluding steroid dienone is 1. The number of ether oxygens (including phenoxy) is 2. The number of benzene rings is 1. The zero-order chi connectivity index (χ0) is 15.8. The summed E-state index contributed by atoms with van der Waals surface area (Å²) in [5.41, 5.74) is 0.805. The Morgan fingerprint density at radius 1 is 1.18 bits per heavy atom. The Labute approximate surface area is 130 Å². The number of amides is 1. The van der Waals surface area contributed by atoms with E-state index in [2.05, 4.69) is 0 Å². The summed E-state index contributed by atoms with van der Waals surface area (Å²) in [6.45, 7) is 1.34.